The molecule has 0 saturated carbocycles. The summed E-state index contributed by atoms with van der Waals surface area (Å²) in [5.41, 5.74) is 14.7. The largest absolute Gasteiger partial charge is 0.480 e. The van der Waals surface area contributed by atoms with E-state index in [2.05, 4.69) is 11.4 Å². The molecule has 1 aromatic rings. The number of nitrogens with one attached hydrogen (secondary N) is 1. The van der Waals surface area contributed by atoms with Crippen LogP contribution in [0.5, 0.6) is 0 Å². The Morgan fingerprint density at radius 1 is 0.723 bits per heavy atom. The predicted octanol–water partition coefficient (Wildman–Crippen LogP) is -0.757. The number of Topliss-reactive ketones (excluding diaryl/α,β-unsaturated/α-hetero) is 1. The van der Waals surface area contributed by atoms with E-state index in [0.29, 0.717) is 87.6 Å². The number of nitrogens with two attached hydrogens (primary N) is 2. The molecule has 8 N–H and O–H groups in total. The van der Waals surface area contributed by atoms with Gasteiger partial charge in [-0.2, -0.15) is 23.5 Å². The minimum absolute atomic E-state index is 0.0370. The van der Waals surface area contributed by atoms with Gasteiger partial charge in [0.2, 0.25) is 5.91 Å². The van der Waals surface area contributed by atoms with E-state index in [1.807, 2.05) is 17.0 Å². The van der Waals surface area contributed by atoms with Gasteiger partial charge < -0.3 is 32.1 Å². The molecular weight excluding hydrogens is 651 g/mol. The third-order valence-corrected chi connectivity index (χ3v) is 9.54. The number of aliphatic carboxylic acids is 3. The molecule has 264 valence electrons. The summed E-state index contributed by atoms with van der Waals surface area (Å²) in [6.07, 6.45) is 0. The summed E-state index contributed by atoms with van der Waals surface area (Å²) in [7, 11) is 0. The number of ketones is 1. The van der Waals surface area contributed by atoms with Crippen molar-refractivity contribution in [1.82, 2.24) is 24.9 Å². The van der Waals surface area contributed by atoms with Crippen LogP contribution in [0.4, 0.5) is 5.69 Å². The molecule has 47 heavy (non-hydrogen) atoms. The highest BCUT2D eigenvalue weighted by atomic mass is 32.2. The molecule has 0 spiro atoms. The summed E-state index contributed by atoms with van der Waals surface area (Å²) in [6, 6.07) is 5.43. The van der Waals surface area contributed by atoms with Crippen molar-refractivity contribution in [1.29, 1.82) is 0 Å². The lowest BCUT2D eigenvalue weighted by atomic mass is 10.1. The molecule has 1 fully saturated rings. The second kappa shape index (κ2) is 21.8. The first-order chi connectivity index (χ1) is 22.3. The number of nitrogen functional groups attached to an aromatic ring is 1. The van der Waals surface area contributed by atoms with E-state index < -0.39 is 23.9 Å². The molecule has 1 aliphatic rings. The zero-order chi connectivity index (χ0) is 34.8. The van der Waals surface area contributed by atoms with Gasteiger partial charge in [0.25, 0.3) is 0 Å². The number of carboxylic acid groups (broad SMARTS) is 3. The zero-order valence-electron chi connectivity index (χ0n) is 27.0. The topological polar surface area (TPSA) is 223 Å². The molecule has 1 atom stereocenters. The summed E-state index contributed by atoms with van der Waals surface area (Å²) < 4.78 is 0. The van der Waals surface area contributed by atoms with Crippen molar-refractivity contribution in [3.63, 3.8) is 0 Å². The fraction of sp³-hybridized carbons (Fsp3) is 0.633. The molecule has 1 heterocycles. The SMILES string of the molecule is CC(=O)[C@@H](N)CSCc1cc(N)cc(CSCCNC(=O)CN2CCN(CC(=O)O)CCN(CC(=O)O)CCN(CC(=O)O)CC2)c1. The van der Waals surface area contributed by atoms with Crippen molar-refractivity contribution in [2.45, 2.75) is 24.5 Å². The van der Waals surface area contributed by atoms with Gasteiger partial charge in [-0.05, 0) is 30.2 Å². The van der Waals surface area contributed by atoms with Crippen LogP contribution in [-0.4, -0.2) is 167 Å². The van der Waals surface area contributed by atoms with Crippen LogP contribution < -0.4 is 16.8 Å². The summed E-state index contributed by atoms with van der Waals surface area (Å²) in [6.45, 7) is 4.04. The van der Waals surface area contributed by atoms with Crippen molar-refractivity contribution in [3.05, 3.63) is 29.3 Å². The Labute approximate surface area is 284 Å². The van der Waals surface area contributed by atoms with E-state index in [4.69, 9.17) is 11.5 Å². The van der Waals surface area contributed by atoms with E-state index >= 15 is 0 Å². The number of carboxylic acids is 3. The van der Waals surface area contributed by atoms with Crippen LogP contribution in [0.25, 0.3) is 0 Å². The molecule has 17 heteroatoms. The molecule has 0 bridgehead atoms. The number of thioether (sulfide) groups is 2. The Hall–Kier alpha value is -2.93. The number of nitrogens with zero attached hydrogens (tertiary/aromatic N) is 4. The van der Waals surface area contributed by atoms with Crippen LogP contribution in [-0.2, 0) is 35.5 Å². The van der Waals surface area contributed by atoms with Gasteiger partial charge >= 0.3 is 17.9 Å². The van der Waals surface area contributed by atoms with Gasteiger partial charge in [-0.25, -0.2) is 0 Å². The maximum absolute atomic E-state index is 12.9. The van der Waals surface area contributed by atoms with E-state index in [9.17, 15) is 39.3 Å². The third-order valence-electron chi connectivity index (χ3n) is 7.37. The number of hydrogen-bond donors (Lipinski definition) is 6. The maximum atomic E-state index is 12.9. The van der Waals surface area contributed by atoms with Gasteiger partial charge in [-0.1, -0.05) is 6.07 Å². The van der Waals surface area contributed by atoms with Crippen LogP contribution >= 0.6 is 23.5 Å². The van der Waals surface area contributed by atoms with Crippen molar-refractivity contribution < 1.29 is 39.3 Å². The standard InChI is InChI=1S/C30H49N7O8S2/c1-22(38)26(32)21-47-20-24-12-23(13-25(31)14-24)19-46-11-2-33-27(39)15-34-3-5-35(16-28(40)41)7-9-37(18-30(44)45)10-8-36(6-4-34)17-29(42)43/h12-14,26H,2-11,15-21,31-32H2,1H3,(H,33,39)(H,40,41)(H,42,43)(H,44,45)/t26-/m0/s1. The highest BCUT2D eigenvalue weighted by Crippen LogP contribution is 2.21. The lowest BCUT2D eigenvalue weighted by molar-refractivity contribution is -0.140. The van der Waals surface area contributed by atoms with Crippen LogP contribution in [0.1, 0.15) is 18.1 Å². The van der Waals surface area contributed by atoms with Gasteiger partial charge in [-0.3, -0.25) is 43.6 Å². The number of amides is 1. The molecule has 1 aromatic carbocycles. The Bertz CT molecular complexity index is 1160. The Balaban J connectivity index is 1.89. The minimum Gasteiger partial charge on any atom is -0.480 e. The van der Waals surface area contributed by atoms with Crippen LogP contribution in [0, 0.1) is 0 Å². The first kappa shape index (κ1) is 40.2. The Morgan fingerprint density at radius 3 is 1.53 bits per heavy atom. The number of carbonyl (C=O) groups excluding carboxylic acids is 2. The van der Waals surface area contributed by atoms with Gasteiger partial charge in [0.1, 0.15) is 5.78 Å². The molecule has 0 aromatic heterocycles. The second-order valence-corrected chi connectivity index (χ2v) is 13.6. The van der Waals surface area contributed by atoms with Crippen molar-refractivity contribution in [2.24, 2.45) is 5.73 Å². The molecule has 0 radical (unpaired) electrons. The summed E-state index contributed by atoms with van der Waals surface area (Å²) >= 11 is 3.24. The van der Waals surface area contributed by atoms with Gasteiger partial charge in [0.05, 0.1) is 32.2 Å². The first-order valence-electron chi connectivity index (χ1n) is 15.4. The number of hydrogen-bond acceptors (Lipinski definition) is 13. The second-order valence-electron chi connectivity index (χ2n) is 11.5. The van der Waals surface area contributed by atoms with Crippen LogP contribution in [0.3, 0.4) is 0 Å². The fourth-order valence-corrected chi connectivity index (χ4v) is 6.68. The minimum atomic E-state index is -1.01. The third kappa shape index (κ3) is 18.3. The maximum Gasteiger partial charge on any atom is 0.317 e. The van der Waals surface area contributed by atoms with E-state index in [1.54, 1.807) is 38.2 Å². The molecule has 1 aliphatic heterocycles. The molecule has 0 unspecified atom stereocenters. The number of anilines is 1. The van der Waals surface area contributed by atoms with Gasteiger partial charge in [0, 0.05) is 87.6 Å². The number of benzene rings is 1. The lowest BCUT2D eigenvalue weighted by Gasteiger charge is -2.32. The molecule has 1 amide bonds. The summed E-state index contributed by atoms with van der Waals surface area (Å²) in [5, 5.41) is 31.0. The summed E-state index contributed by atoms with van der Waals surface area (Å²) in [5.74, 6) is -0.624. The molecule has 0 aliphatic carbocycles. The van der Waals surface area contributed by atoms with Gasteiger partial charge in [0.15, 0.2) is 0 Å². The highest BCUT2D eigenvalue weighted by molar-refractivity contribution is 7.98. The summed E-state index contributed by atoms with van der Waals surface area (Å²) in [4.78, 5) is 65.5. The van der Waals surface area contributed by atoms with E-state index in [0.717, 1.165) is 11.1 Å². The average Bonchev–Trinajstić information content (AvgIpc) is 2.97. The van der Waals surface area contributed by atoms with E-state index in [-0.39, 0.29) is 37.9 Å². The zero-order valence-corrected chi connectivity index (χ0v) is 28.6. The molecular formula is C30H49N7O8S2. The van der Waals surface area contributed by atoms with E-state index in [1.165, 1.54) is 6.92 Å². The smallest absolute Gasteiger partial charge is 0.317 e. The fourth-order valence-electron chi connectivity index (χ4n) is 4.88. The number of rotatable bonds is 18. The van der Waals surface area contributed by atoms with Crippen molar-refractivity contribution >= 4 is 58.8 Å². The highest BCUT2D eigenvalue weighted by Gasteiger charge is 2.21. The van der Waals surface area contributed by atoms with Gasteiger partial charge in [-0.15, -0.1) is 0 Å². The van der Waals surface area contributed by atoms with Crippen molar-refractivity contribution in [3.8, 4) is 0 Å². The average molecular weight is 700 g/mol. The number of carbonyl (C=O) groups is 5. The monoisotopic (exact) mass is 699 g/mol. The Kier molecular flexibility index (Phi) is 18.7. The molecule has 2 rings (SSSR count). The molecule has 15 nitrogen and oxygen atoms in total. The quantitative estimate of drug-likeness (QED) is 0.0819. The van der Waals surface area contributed by atoms with Crippen molar-refractivity contribution in [2.75, 3.05) is 102 Å². The van der Waals surface area contributed by atoms with Crippen LogP contribution in [0.2, 0.25) is 0 Å². The molecule has 1 saturated heterocycles. The Morgan fingerprint density at radius 2 is 1.13 bits per heavy atom. The first-order valence-corrected chi connectivity index (χ1v) is 17.7. The normalized spacial score (nSPS) is 16.9. The van der Waals surface area contributed by atoms with Crippen LogP contribution in [0.15, 0.2) is 18.2 Å². The predicted molar refractivity (Wildman–Crippen MR) is 184 cm³/mol. The lowest BCUT2D eigenvalue weighted by Crippen LogP contribution is -2.49.